The van der Waals surface area contributed by atoms with Crippen LogP contribution in [0.4, 0.5) is 5.82 Å². The summed E-state index contributed by atoms with van der Waals surface area (Å²) >= 11 is 1.16. The number of nitrogens with one attached hydrogen (secondary N) is 1. The highest BCUT2D eigenvalue weighted by Gasteiger charge is 2.31. The number of carbonyl (C=O) groups is 1. The Morgan fingerprint density at radius 2 is 1.90 bits per heavy atom. The molecule has 0 spiro atoms. The average Bonchev–Trinajstić information content (AvgIpc) is 3.18. The van der Waals surface area contributed by atoms with Crippen molar-refractivity contribution < 1.29 is 28.8 Å². The number of nitrogens with zero attached hydrogens (tertiary/aromatic N) is 3. The zero-order valence-electron chi connectivity index (χ0n) is 18.3. The third-order valence-electron chi connectivity index (χ3n) is 4.56. The SMILES string of the molecule is CC(C)(COC(C)(C)C(=O)O)OCCNCCCOc1nsnc1N1CCOCC1. The minimum absolute atomic E-state index is 0.202. The lowest BCUT2D eigenvalue weighted by Gasteiger charge is -2.29. The Kier molecular flexibility index (Phi) is 9.69. The molecule has 0 unspecified atom stereocenters. The van der Waals surface area contributed by atoms with Crippen molar-refractivity contribution in [2.45, 2.75) is 45.3 Å². The number of aliphatic carboxylic acids is 1. The zero-order valence-corrected chi connectivity index (χ0v) is 19.1. The molecule has 11 heteroatoms. The van der Waals surface area contributed by atoms with Gasteiger partial charge in [-0.05, 0) is 40.7 Å². The van der Waals surface area contributed by atoms with Crippen LogP contribution in [0.15, 0.2) is 0 Å². The molecule has 1 saturated heterocycles. The first-order chi connectivity index (χ1) is 14.2. The van der Waals surface area contributed by atoms with Gasteiger partial charge in [-0.15, -0.1) is 4.37 Å². The summed E-state index contributed by atoms with van der Waals surface area (Å²) in [5, 5.41) is 12.4. The summed E-state index contributed by atoms with van der Waals surface area (Å²) in [6.45, 7) is 12.6. The molecule has 0 atom stereocenters. The summed E-state index contributed by atoms with van der Waals surface area (Å²) < 4.78 is 31.0. The van der Waals surface area contributed by atoms with Crippen molar-refractivity contribution in [3.05, 3.63) is 0 Å². The summed E-state index contributed by atoms with van der Waals surface area (Å²) in [6.07, 6.45) is 0.833. The van der Waals surface area contributed by atoms with Crippen LogP contribution in [0.25, 0.3) is 0 Å². The highest BCUT2D eigenvalue weighted by molar-refractivity contribution is 6.99. The van der Waals surface area contributed by atoms with E-state index in [0.717, 1.165) is 43.6 Å². The van der Waals surface area contributed by atoms with Gasteiger partial charge in [-0.1, -0.05) is 0 Å². The standard InChI is InChI=1S/C19H34N4O6S/c1-18(2,14-29-19(3,4)17(24)25)28-11-7-20-6-5-10-27-16-15(21-30-22-16)23-8-12-26-13-9-23/h20H,5-14H2,1-4H3,(H,24,25). The number of carboxylic acid groups (broad SMARTS) is 1. The van der Waals surface area contributed by atoms with Crippen molar-refractivity contribution in [1.29, 1.82) is 0 Å². The van der Waals surface area contributed by atoms with Gasteiger partial charge in [0.05, 0.1) is 50.4 Å². The minimum atomic E-state index is -1.23. The molecule has 1 aliphatic heterocycles. The fraction of sp³-hybridized carbons (Fsp3) is 0.842. The smallest absolute Gasteiger partial charge is 0.335 e. The maximum atomic E-state index is 11.1. The first kappa shape index (κ1) is 24.7. The van der Waals surface area contributed by atoms with Crippen LogP contribution in [0.2, 0.25) is 0 Å². The van der Waals surface area contributed by atoms with E-state index in [9.17, 15) is 4.79 Å². The van der Waals surface area contributed by atoms with Gasteiger partial charge in [-0.25, -0.2) is 4.79 Å². The molecular formula is C19H34N4O6S. The Morgan fingerprint density at radius 3 is 2.60 bits per heavy atom. The number of rotatable bonds is 14. The van der Waals surface area contributed by atoms with Crippen molar-refractivity contribution >= 4 is 23.5 Å². The van der Waals surface area contributed by atoms with Crippen LogP contribution in [-0.4, -0.2) is 90.2 Å². The van der Waals surface area contributed by atoms with Gasteiger partial charge >= 0.3 is 5.97 Å². The molecule has 0 aromatic carbocycles. The Labute approximate surface area is 182 Å². The lowest BCUT2D eigenvalue weighted by molar-refractivity contribution is -0.171. The fourth-order valence-electron chi connectivity index (χ4n) is 2.58. The lowest BCUT2D eigenvalue weighted by atomic mass is 10.1. The number of hydrogen-bond donors (Lipinski definition) is 2. The molecule has 2 N–H and O–H groups in total. The molecule has 1 aromatic heterocycles. The van der Waals surface area contributed by atoms with Gasteiger partial charge in [0.25, 0.3) is 5.88 Å². The van der Waals surface area contributed by atoms with E-state index < -0.39 is 17.2 Å². The van der Waals surface area contributed by atoms with E-state index in [1.807, 2.05) is 13.8 Å². The van der Waals surface area contributed by atoms with Gasteiger partial charge in [0.2, 0.25) is 5.82 Å². The molecule has 2 rings (SSSR count). The van der Waals surface area contributed by atoms with Gasteiger partial charge in [0.1, 0.15) is 0 Å². The Morgan fingerprint density at radius 1 is 1.17 bits per heavy atom. The predicted octanol–water partition coefficient (Wildman–Crippen LogP) is 1.41. The molecule has 30 heavy (non-hydrogen) atoms. The second kappa shape index (κ2) is 11.8. The average molecular weight is 447 g/mol. The molecule has 0 amide bonds. The van der Waals surface area contributed by atoms with E-state index in [4.69, 9.17) is 24.1 Å². The highest BCUT2D eigenvalue weighted by atomic mass is 32.1. The number of aromatic nitrogens is 2. The maximum Gasteiger partial charge on any atom is 0.335 e. The first-order valence-electron chi connectivity index (χ1n) is 10.2. The predicted molar refractivity (Wildman–Crippen MR) is 114 cm³/mol. The topological polar surface area (TPSA) is 115 Å². The van der Waals surface area contributed by atoms with E-state index in [-0.39, 0.29) is 6.61 Å². The van der Waals surface area contributed by atoms with Crippen molar-refractivity contribution in [1.82, 2.24) is 14.1 Å². The third-order valence-corrected chi connectivity index (χ3v) is 5.06. The summed E-state index contributed by atoms with van der Waals surface area (Å²) in [5.41, 5.74) is -1.79. The van der Waals surface area contributed by atoms with E-state index in [1.54, 1.807) is 0 Å². The molecule has 1 aliphatic rings. The van der Waals surface area contributed by atoms with Gasteiger partial charge in [-0.2, -0.15) is 4.37 Å². The Hall–Kier alpha value is -1.53. The summed E-state index contributed by atoms with van der Waals surface area (Å²) in [5.74, 6) is 0.407. The van der Waals surface area contributed by atoms with E-state index in [2.05, 4.69) is 19.0 Å². The van der Waals surface area contributed by atoms with Gasteiger partial charge in [0, 0.05) is 19.6 Å². The van der Waals surface area contributed by atoms with E-state index in [0.29, 0.717) is 38.9 Å². The molecule has 0 radical (unpaired) electrons. The molecular weight excluding hydrogens is 412 g/mol. The second-order valence-corrected chi connectivity index (χ2v) is 8.69. The molecule has 172 valence electrons. The maximum absolute atomic E-state index is 11.1. The lowest BCUT2D eigenvalue weighted by Crippen LogP contribution is -2.42. The zero-order chi connectivity index (χ0) is 22.0. The quantitative estimate of drug-likeness (QED) is 0.406. The van der Waals surface area contributed by atoms with E-state index >= 15 is 0 Å². The van der Waals surface area contributed by atoms with Crippen molar-refractivity contribution in [2.75, 3.05) is 64.1 Å². The van der Waals surface area contributed by atoms with Crippen LogP contribution in [-0.2, 0) is 19.0 Å². The summed E-state index contributed by atoms with van der Waals surface area (Å²) in [7, 11) is 0. The van der Waals surface area contributed by atoms with Crippen LogP contribution in [0, 0.1) is 0 Å². The number of ether oxygens (including phenoxy) is 4. The fourth-order valence-corrected chi connectivity index (χ4v) is 3.10. The number of carboxylic acids is 1. The molecule has 1 aromatic rings. The first-order valence-corrected chi connectivity index (χ1v) is 10.9. The highest BCUT2D eigenvalue weighted by Crippen LogP contribution is 2.26. The monoisotopic (exact) mass is 446 g/mol. The van der Waals surface area contributed by atoms with Gasteiger partial charge in [-0.3, -0.25) is 0 Å². The third kappa shape index (κ3) is 8.31. The van der Waals surface area contributed by atoms with E-state index in [1.165, 1.54) is 13.8 Å². The normalized spacial score (nSPS) is 15.4. The van der Waals surface area contributed by atoms with Crippen LogP contribution >= 0.6 is 11.7 Å². The van der Waals surface area contributed by atoms with Crippen LogP contribution in [0.3, 0.4) is 0 Å². The molecule has 2 heterocycles. The largest absolute Gasteiger partial charge is 0.479 e. The van der Waals surface area contributed by atoms with Crippen molar-refractivity contribution in [3.63, 3.8) is 0 Å². The van der Waals surface area contributed by atoms with Crippen LogP contribution in [0.5, 0.6) is 5.88 Å². The molecule has 0 aliphatic carbocycles. The number of anilines is 1. The number of hydrogen-bond acceptors (Lipinski definition) is 10. The Bertz CT molecular complexity index is 649. The van der Waals surface area contributed by atoms with Crippen LogP contribution in [0.1, 0.15) is 34.1 Å². The summed E-state index contributed by atoms with van der Waals surface area (Å²) in [4.78, 5) is 13.2. The van der Waals surface area contributed by atoms with Crippen molar-refractivity contribution in [2.24, 2.45) is 0 Å². The Balaban J connectivity index is 1.54. The number of morpholine rings is 1. The van der Waals surface area contributed by atoms with Crippen molar-refractivity contribution in [3.8, 4) is 5.88 Å². The van der Waals surface area contributed by atoms with Crippen LogP contribution < -0.4 is 15.0 Å². The van der Waals surface area contributed by atoms with Gasteiger partial charge < -0.3 is 34.3 Å². The molecule has 0 saturated carbocycles. The molecule has 0 bridgehead atoms. The minimum Gasteiger partial charge on any atom is -0.479 e. The summed E-state index contributed by atoms with van der Waals surface area (Å²) in [6, 6.07) is 0. The second-order valence-electron chi connectivity index (χ2n) is 8.16. The molecule has 10 nitrogen and oxygen atoms in total. The molecule has 1 fully saturated rings. The van der Waals surface area contributed by atoms with Gasteiger partial charge in [0.15, 0.2) is 5.60 Å².